The van der Waals surface area contributed by atoms with E-state index in [9.17, 15) is 18.0 Å². The molecule has 7 nitrogen and oxygen atoms in total. The van der Waals surface area contributed by atoms with Crippen molar-refractivity contribution in [3.63, 3.8) is 0 Å². The van der Waals surface area contributed by atoms with Gasteiger partial charge in [0.15, 0.2) is 0 Å². The molecule has 1 aromatic carbocycles. The van der Waals surface area contributed by atoms with E-state index in [4.69, 9.17) is 0 Å². The Kier molecular flexibility index (Phi) is 5.65. The van der Waals surface area contributed by atoms with Gasteiger partial charge in [-0.05, 0) is 43.9 Å². The Hall–Kier alpha value is -1.58. The smallest absolute Gasteiger partial charge is 0.243 e. The van der Waals surface area contributed by atoms with Crippen molar-refractivity contribution in [2.24, 2.45) is 0 Å². The van der Waals surface area contributed by atoms with Crippen molar-refractivity contribution in [3.8, 4) is 0 Å². The van der Waals surface area contributed by atoms with Crippen LogP contribution in [0.5, 0.6) is 0 Å². The monoisotopic (exact) mass is 437 g/mol. The Balaban J connectivity index is 1.42. The molecule has 3 saturated heterocycles. The van der Waals surface area contributed by atoms with Gasteiger partial charge in [0.1, 0.15) is 6.04 Å². The van der Waals surface area contributed by atoms with E-state index >= 15 is 0 Å². The van der Waals surface area contributed by atoms with Crippen LogP contribution in [0.1, 0.15) is 44.6 Å². The first-order valence-electron chi connectivity index (χ1n) is 10.1. The van der Waals surface area contributed by atoms with Crippen LogP contribution in [0.25, 0.3) is 0 Å². The van der Waals surface area contributed by atoms with Crippen molar-refractivity contribution in [3.05, 3.63) is 29.8 Å². The molecule has 2 unspecified atom stereocenters. The van der Waals surface area contributed by atoms with Crippen molar-refractivity contribution >= 4 is 33.6 Å². The highest BCUT2D eigenvalue weighted by Crippen LogP contribution is 2.47. The summed E-state index contributed by atoms with van der Waals surface area (Å²) in [5.74, 6) is 0.449. The first-order chi connectivity index (χ1) is 13.8. The number of nitrogens with one attached hydrogen (secondary N) is 1. The van der Waals surface area contributed by atoms with Crippen LogP contribution in [-0.2, 0) is 26.2 Å². The van der Waals surface area contributed by atoms with Crippen molar-refractivity contribution in [1.29, 1.82) is 0 Å². The fraction of sp³-hybridized carbons (Fsp3) is 0.600. The summed E-state index contributed by atoms with van der Waals surface area (Å²) >= 11 is 1.66. The molecular formula is C20H27N3O4S2. The minimum Gasteiger partial charge on any atom is -0.350 e. The summed E-state index contributed by atoms with van der Waals surface area (Å²) < 4.78 is 27.3. The van der Waals surface area contributed by atoms with Gasteiger partial charge in [0.25, 0.3) is 0 Å². The summed E-state index contributed by atoms with van der Waals surface area (Å²) in [7, 11) is -3.50. The number of sulfonamides is 1. The number of carbonyl (C=O) groups excluding carboxylic acids is 2. The van der Waals surface area contributed by atoms with E-state index in [1.165, 1.54) is 0 Å². The zero-order valence-corrected chi connectivity index (χ0v) is 18.2. The minimum atomic E-state index is -3.50. The Labute approximate surface area is 176 Å². The largest absolute Gasteiger partial charge is 0.350 e. The molecule has 1 N–H and O–H groups in total. The molecule has 4 rings (SSSR count). The molecule has 0 spiro atoms. The van der Waals surface area contributed by atoms with Gasteiger partial charge in [-0.25, -0.2) is 8.42 Å². The number of thioether (sulfide) groups is 1. The summed E-state index contributed by atoms with van der Waals surface area (Å²) in [6, 6.07) is 6.31. The molecule has 2 amide bonds. The highest BCUT2D eigenvalue weighted by molar-refractivity contribution is 8.01. The summed E-state index contributed by atoms with van der Waals surface area (Å²) in [5.41, 5.74) is 0.734. The van der Waals surface area contributed by atoms with Crippen LogP contribution in [0.3, 0.4) is 0 Å². The van der Waals surface area contributed by atoms with Crippen molar-refractivity contribution < 1.29 is 18.0 Å². The summed E-state index contributed by atoms with van der Waals surface area (Å²) in [4.78, 5) is 26.7. The van der Waals surface area contributed by atoms with E-state index in [0.717, 1.165) is 31.2 Å². The number of nitrogens with zero attached hydrogens (tertiary/aromatic N) is 2. The Bertz CT molecular complexity index is 914. The molecule has 0 radical (unpaired) electrons. The highest BCUT2D eigenvalue weighted by Gasteiger charge is 2.52. The van der Waals surface area contributed by atoms with Crippen LogP contribution in [0.2, 0.25) is 0 Å². The van der Waals surface area contributed by atoms with Crippen molar-refractivity contribution in [1.82, 2.24) is 14.5 Å². The zero-order chi connectivity index (χ0) is 20.6. The molecule has 0 saturated carbocycles. The molecule has 1 aromatic rings. The minimum absolute atomic E-state index is 0.0345. The predicted molar refractivity (Wildman–Crippen MR) is 112 cm³/mol. The van der Waals surface area contributed by atoms with Gasteiger partial charge in [0, 0.05) is 31.8 Å². The summed E-state index contributed by atoms with van der Waals surface area (Å²) in [5, 5.41) is 2.89. The van der Waals surface area contributed by atoms with E-state index in [-0.39, 0.29) is 28.1 Å². The molecular weight excluding hydrogens is 410 g/mol. The van der Waals surface area contributed by atoms with E-state index in [1.54, 1.807) is 39.2 Å². The third-order valence-electron chi connectivity index (χ3n) is 6.07. The fourth-order valence-corrected chi connectivity index (χ4v) is 7.41. The lowest BCUT2D eigenvalue weighted by atomic mass is 10.2. The maximum absolute atomic E-state index is 12.9. The Morgan fingerprint density at radius 3 is 2.79 bits per heavy atom. The molecule has 3 aliphatic rings. The van der Waals surface area contributed by atoms with Crippen LogP contribution in [0.4, 0.5) is 0 Å². The summed E-state index contributed by atoms with van der Waals surface area (Å²) in [6.07, 6.45) is 4.11. The molecule has 3 aliphatic heterocycles. The number of piperidine rings is 1. The molecule has 29 heavy (non-hydrogen) atoms. The van der Waals surface area contributed by atoms with Crippen LogP contribution >= 0.6 is 11.8 Å². The number of fused-ring (bicyclic) bond motifs is 1. The molecule has 3 heterocycles. The molecule has 0 aliphatic carbocycles. The van der Waals surface area contributed by atoms with E-state index < -0.39 is 16.1 Å². The van der Waals surface area contributed by atoms with Crippen molar-refractivity contribution in [2.45, 2.75) is 61.4 Å². The maximum Gasteiger partial charge on any atom is 0.243 e. The molecule has 0 aromatic heterocycles. The fourth-order valence-electron chi connectivity index (χ4n) is 4.39. The molecule has 3 fully saturated rings. The number of hydrogen-bond acceptors (Lipinski definition) is 5. The van der Waals surface area contributed by atoms with Gasteiger partial charge in [-0.2, -0.15) is 4.31 Å². The van der Waals surface area contributed by atoms with Crippen LogP contribution in [-0.4, -0.2) is 59.2 Å². The average Bonchev–Trinajstić information content (AvgIpc) is 3.23. The standard InChI is InChI=1S/C20H27N3O4S2/c1-20-9-8-18(24)23(20)17(14-28-20)19(25)21-13-15-6-5-7-16(12-15)29(26,27)22-10-3-2-4-11-22/h5-7,12,17H,2-4,8-11,13-14H2,1H3,(H,21,25). The Morgan fingerprint density at radius 2 is 2.03 bits per heavy atom. The van der Waals surface area contributed by atoms with E-state index in [1.807, 2.05) is 13.0 Å². The molecule has 158 valence electrons. The number of amides is 2. The van der Waals surface area contributed by atoms with Gasteiger partial charge in [0.05, 0.1) is 9.77 Å². The maximum atomic E-state index is 12.9. The lowest BCUT2D eigenvalue weighted by Gasteiger charge is -2.29. The van der Waals surface area contributed by atoms with Gasteiger partial charge in [-0.3, -0.25) is 9.59 Å². The SMILES string of the molecule is CC12CCC(=O)N1C(C(=O)NCc1cccc(S(=O)(=O)N3CCCCC3)c1)CS2. The van der Waals surface area contributed by atoms with E-state index in [2.05, 4.69) is 5.32 Å². The van der Waals surface area contributed by atoms with Crippen LogP contribution in [0, 0.1) is 0 Å². The predicted octanol–water partition coefficient (Wildman–Crippen LogP) is 1.93. The number of hydrogen-bond donors (Lipinski definition) is 1. The number of carbonyl (C=O) groups is 2. The zero-order valence-electron chi connectivity index (χ0n) is 16.6. The van der Waals surface area contributed by atoms with Crippen molar-refractivity contribution in [2.75, 3.05) is 18.8 Å². The molecule has 2 atom stereocenters. The third kappa shape index (κ3) is 3.92. The van der Waals surface area contributed by atoms with Gasteiger partial charge in [-0.15, -0.1) is 11.8 Å². The first-order valence-corrected chi connectivity index (χ1v) is 12.6. The van der Waals surface area contributed by atoms with Crippen LogP contribution in [0.15, 0.2) is 29.2 Å². The average molecular weight is 438 g/mol. The summed E-state index contributed by atoms with van der Waals surface area (Å²) in [6.45, 7) is 3.38. The highest BCUT2D eigenvalue weighted by atomic mass is 32.2. The second-order valence-corrected chi connectivity index (χ2v) is 11.5. The topological polar surface area (TPSA) is 86.8 Å². The second kappa shape index (κ2) is 7.92. The van der Waals surface area contributed by atoms with Gasteiger partial charge < -0.3 is 10.2 Å². The first kappa shape index (κ1) is 20.7. The normalized spacial score (nSPS) is 27.8. The van der Waals surface area contributed by atoms with E-state index in [0.29, 0.717) is 25.3 Å². The molecule has 0 bridgehead atoms. The number of rotatable bonds is 5. The van der Waals surface area contributed by atoms with Gasteiger partial charge in [0.2, 0.25) is 21.8 Å². The second-order valence-electron chi connectivity index (χ2n) is 8.10. The lowest BCUT2D eigenvalue weighted by Crippen LogP contribution is -2.49. The number of benzene rings is 1. The Morgan fingerprint density at radius 1 is 1.28 bits per heavy atom. The van der Waals surface area contributed by atoms with Gasteiger partial charge in [-0.1, -0.05) is 18.6 Å². The molecule has 9 heteroatoms. The van der Waals surface area contributed by atoms with Gasteiger partial charge >= 0.3 is 0 Å². The quantitative estimate of drug-likeness (QED) is 0.761. The van der Waals surface area contributed by atoms with Crippen LogP contribution < -0.4 is 5.32 Å². The lowest BCUT2D eigenvalue weighted by molar-refractivity contribution is -0.138. The third-order valence-corrected chi connectivity index (χ3v) is 9.47.